The van der Waals surface area contributed by atoms with E-state index in [1.165, 1.54) is 0 Å². The molecule has 0 saturated heterocycles. The zero-order valence-corrected chi connectivity index (χ0v) is 11.0. The minimum Gasteiger partial charge on any atom is -0.338 e. The molecule has 0 unspecified atom stereocenters. The van der Waals surface area contributed by atoms with Crippen LogP contribution in [0.15, 0.2) is 18.2 Å². The Morgan fingerprint density at radius 1 is 1.38 bits per heavy atom. The van der Waals surface area contributed by atoms with Crippen molar-refractivity contribution in [3.63, 3.8) is 0 Å². The lowest BCUT2D eigenvalue weighted by Gasteiger charge is -2.19. The summed E-state index contributed by atoms with van der Waals surface area (Å²) < 4.78 is 0. The molecule has 1 aromatic rings. The number of amides is 1. The lowest BCUT2D eigenvalue weighted by molar-refractivity contribution is 0.0774. The Morgan fingerprint density at radius 3 is 2.56 bits per heavy atom. The predicted molar refractivity (Wildman–Crippen MR) is 68.5 cm³/mol. The van der Waals surface area contributed by atoms with Crippen molar-refractivity contribution in [3.8, 4) is 0 Å². The minimum absolute atomic E-state index is 0.0197. The number of halogens is 2. The Bertz CT molecular complexity index is 359. The van der Waals surface area contributed by atoms with Crippen LogP contribution in [0, 0.1) is 6.92 Å². The predicted octanol–water partition coefficient (Wildman–Crippen LogP) is 3.35. The molecule has 2 nitrogen and oxygen atoms in total. The lowest BCUT2D eigenvalue weighted by Crippen LogP contribution is -2.32. The molecule has 0 fully saturated rings. The Balaban J connectivity index is 2.94. The molecule has 0 heterocycles. The van der Waals surface area contributed by atoms with Crippen molar-refractivity contribution < 1.29 is 4.79 Å². The van der Waals surface area contributed by atoms with Crippen LogP contribution in [-0.4, -0.2) is 29.8 Å². The van der Waals surface area contributed by atoms with Crippen molar-refractivity contribution in [2.45, 2.75) is 13.8 Å². The number of benzene rings is 1. The maximum atomic E-state index is 12.1. The van der Waals surface area contributed by atoms with E-state index in [1.54, 1.807) is 11.0 Å². The maximum Gasteiger partial charge on any atom is 0.253 e. The first-order chi connectivity index (χ1) is 7.58. The molecular formula is C12H15Cl2NO. The van der Waals surface area contributed by atoms with E-state index in [9.17, 15) is 4.79 Å². The van der Waals surface area contributed by atoms with Crippen molar-refractivity contribution in [1.29, 1.82) is 0 Å². The second kappa shape index (κ2) is 6.12. The number of carbonyl (C=O) groups excluding carboxylic acids is 1. The highest BCUT2D eigenvalue weighted by Gasteiger charge is 2.14. The van der Waals surface area contributed by atoms with Gasteiger partial charge >= 0.3 is 0 Å². The van der Waals surface area contributed by atoms with Crippen molar-refractivity contribution in [1.82, 2.24) is 4.90 Å². The number of hydrogen-bond acceptors (Lipinski definition) is 1. The summed E-state index contributed by atoms with van der Waals surface area (Å²) in [6.07, 6.45) is 0. The molecule has 4 heteroatoms. The van der Waals surface area contributed by atoms with Crippen molar-refractivity contribution in [2.75, 3.05) is 19.0 Å². The Kier molecular flexibility index (Phi) is 5.10. The standard InChI is InChI=1S/C12H15Cl2NO/c1-3-15(5-4-13)12(16)10-6-9(2)7-11(14)8-10/h6-8H,3-5H2,1-2H3. The molecule has 0 aliphatic rings. The summed E-state index contributed by atoms with van der Waals surface area (Å²) in [5.41, 5.74) is 1.61. The van der Waals surface area contributed by atoms with Crippen LogP contribution in [-0.2, 0) is 0 Å². The van der Waals surface area contributed by atoms with Crippen LogP contribution in [0.4, 0.5) is 0 Å². The SMILES string of the molecule is CCN(CCCl)C(=O)c1cc(C)cc(Cl)c1. The average molecular weight is 260 g/mol. The van der Waals surface area contributed by atoms with E-state index in [0.29, 0.717) is 29.6 Å². The molecule has 0 aromatic heterocycles. The summed E-state index contributed by atoms with van der Waals surface area (Å²) in [4.78, 5) is 13.8. The van der Waals surface area contributed by atoms with Gasteiger partial charge in [0.1, 0.15) is 0 Å². The molecule has 1 aromatic carbocycles. The molecule has 0 saturated carbocycles. The highest BCUT2D eigenvalue weighted by atomic mass is 35.5. The number of carbonyl (C=O) groups is 1. The second-order valence-corrected chi connectivity index (χ2v) is 4.41. The molecule has 0 aliphatic carbocycles. The zero-order valence-electron chi connectivity index (χ0n) is 9.46. The topological polar surface area (TPSA) is 20.3 Å². The van der Waals surface area contributed by atoms with Crippen molar-refractivity contribution in [2.24, 2.45) is 0 Å². The summed E-state index contributed by atoms with van der Waals surface area (Å²) in [6, 6.07) is 5.36. The third kappa shape index (κ3) is 3.39. The van der Waals surface area contributed by atoms with Gasteiger partial charge in [-0.05, 0) is 37.6 Å². The van der Waals surface area contributed by atoms with E-state index in [-0.39, 0.29) is 5.91 Å². The van der Waals surface area contributed by atoms with Gasteiger partial charge in [-0.1, -0.05) is 11.6 Å². The van der Waals surface area contributed by atoms with Crippen molar-refractivity contribution >= 4 is 29.1 Å². The van der Waals surface area contributed by atoms with Gasteiger partial charge < -0.3 is 4.90 Å². The summed E-state index contributed by atoms with van der Waals surface area (Å²) in [7, 11) is 0. The molecule has 0 bridgehead atoms. The van der Waals surface area contributed by atoms with Crippen LogP contribution in [0.2, 0.25) is 5.02 Å². The van der Waals surface area contributed by atoms with Gasteiger partial charge in [-0.25, -0.2) is 0 Å². The van der Waals surface area contributed by atoms with Crippen LogP contribution in [0.25, 0.3) is 0 Å². The first-order valence-corrected chi connectivity index (χ1v) is 6.12. The van der Waals surface area contributed by atoms with Crippen LogP contribution in [0.5, 0.6) is 0 Å². The van der Waals surface area contributed by atoms with Gasteiger partial charge in [0.15, 0.2) is 0 Å². The Hall–Kier alpha value is -0.730. The van der Waals surface area contributed by atoms with Gasteiger partial charge in [-0.15, -0.1) is 11.6 Å². The molecular weight excluding hydrogens is 245 g/mol. The third-order valence-electron chi connectivity index (χ3n) is 2.31. The van der Waals surface area contributed by atoms with E-state index in [0.717, 1.165) is 5.56 Å². The smallest absolute Gasteiger partial charge is 0.253 e. The highest BCUT2D eigenvalue weighted by Crippen LogP contribution is 2.16. The second-order valence-electron chi connectivity index (χ2n) is 3.59. The Labute approximate surface area is 106 Å². The number of nitrogens with zero attached hydrogens (tertiary/aromatic N) is 1. The van der Waals surface area contributed by atoms with Crippen LogP contribution in [0.1, 0.15) is 22.8 Å². The van der Waals surface area contributed by atoms with Crippen molar-refractivity contribution in [3.05, 3.63) is 34.3 Å². The number of aryl methyl sites for hydroxylation is 1. The molecule has 1 amide bonds. The number of alkyl halides is 1. The fraction of sp³-hybridized carbons (Fsp3) is 0.417. The van der Waals surface area contributed by atoms with Gasteiger partial charge in [0.05, 0.1) is 0 Å². The fourth-order valence-corrected chi connectivity index (χ4v) is 2.04. The van der Waals surface area contributed by atoms with E-state index in [1.807, 2.05) is 26.0 Å². The summed E-state index contributed by atoms with van der Waals surface area (Å²) >= 11 is 11.6. The van der Waals surface area contributed by atoms with Crippen LogP contribution >= 0.6 is 23.2 Å². The molecule has 0 radical (unpaired) electrons. The van der Waals surface area contributed by atoms with Crippen LogP contribution in [0.3, 0.4) is 0 Å². The van der Waals surface area contributed by atoms with E-state index in [2.05, 4.69) is 0 Å². The number of rotatable bonds is 4. The van der Waals surface area contributed by atoms with Gasteiger partial charge in [0.2, 0.25) is 0 Å². The van der Waals surface area contributed by atoms with Gasteiger partial charge in [0.25, 0.3) is 5.91 Å². The largest absolute Gasteiger partial charge is 0.338 e. The number of hydrogen-bond donors (Lipinski definition) is 0. The van der Waals surface area contributed by atoms with E-state index >= 15 is 0 Å². The van der Waals surface area contributed by atoms with Gasteiger partial charge in [-0.3, -0.25) is 4.79 Å². The summed E-state index contributed by atoms with van der Waals surface area (Å²) in [5, 5.41) is 0.588. The molecule has 1 rings (SSSR count). The molecule has 16 heavy (non-hydrogen) atoms. The monoisotopic (exact) mass is 259 g/mol. The fourth-order valence-electron chi connectivity index (χ4n) is 1.55. The molecule has 0 atom stereocenters. The van der Waals surface area contributed by atoms with Gasteiger partial charge in [-0.2, -0.15) is 0 Å². The normalized spacial score (nSPS) is 10.2. The molecule has 0 N–H and O–H groups in total. The molecule has 0 aliphatic heterocycles. The quantitative estimate of drug-likeness (QED) is 0.760. The van der Waals surface area contributed by atoms with E-state index in [4.69, 9.17) is 23.2 Å². The molecule has 88 valence electrons. The van der Waals surface area contributed by atoms with Gasteiger partial charge in [0, 0.05) is 29.6 Å². The Morgan fingerprint density at radius 2 is 2.06 bits per heavy atom. The van der Waals surface area contributed by atoms with Crippen LogP contribution < -0.4 is 0 Å². The lowest BCUT2D eigenvalue weighted by atomic mass is 10.1. The summed E-state index contributed by atoms with van der Waals surface area (Å²) in [5.74, 6) is 0.424. The van der Waals surface area contributed by atoms with E-state index < -0.39 is 0 Å². The summed E-state index contributed by atoms with van der Waals surface area (Å²) in [6.45, 7) is 5.06. The highest BCUT2D eigenvalue weighted by molar-refractivity contribution is 6.31. The third-order valence-corrected chi connectivity index (χ3v) is 2.70. The minimum atomic E-state index is -0.0197. The average Bonchev–Trinajstić information content (AvgIpc) is 2.23. The zero-order chi connectivity index (χ0) is 12.1. The molecule has 0 spiro atoms. The first kappa shape index (κ1) is 13.3. The maximum absolute atomic E-state index is 12.1. The first-order valence-electron chi connectivity index (χ1n) is 5.21.